The van der Waals surface area contributed by atoms with E-state index in [-0.39, 0.29) is 5.56 Å². The molecule has 0 aliphatic rings. The van der Waals surface area contributed by atoms with Gasteiger partial charge in [-0.15, -0.1) is 0 Å². The van der Waals surface area contributed by atoms with Crippen LogP contribution in [-0.4, -0.2) is 34.1 Å². The van der Waals surface area contributed by atoms with Crippen LogP contribution >= 0.6 is 23.2 Å². The molecule has 0 aliphatic heterocycles. The van der Waals surface area contributed by atoms with Gasteiger partial charge >= 0.3 is 0 Å². The zero-order valence-corrected chi connectivity index (χ0v) is 16.4. The predicted molar refractivity (Wildman–Crippen MR) is 109 cm³/mol. The molecule has 0 bridgehead atoms. The van der Waals surface area contributed by atoms with Crippen molar-refractivity contribution in [3.8, 4) is 11.4 Å². The molecule has 0 radical (unpaired) electrons. The van der Waals surface area contributed by atoms with Crippen LogP contribution in [0.5, 0.6) is 0 Å². The highest BCUT2D eigenvalue weighted by atomic mass is 35.5. The highest BCUT2D eigenvalue weighted by Crippen LogP contribution is 2.27. The van der Waals surface area contributed by atoms with Crippen LogP contribution in [-0.2, 0) is 6.54 Å². The van der Waals surface area contributed by atoms with Gasteiger partial charge in [-0.2, -0.15) is 0 Å². The lowest BCUT2D eigenvalue weighted by atomic mass is 10.1. The van der Waals surface area contributed by atoms with Gasteiger partial charge in [0.25, 0.3) is 5.56 Å². The van der Waals surface area contributed by atoms with Crippen molar-refractivity contribution in [2.45, 2.75) is 20.4 Å². The van der Waals surface area contributed by atoms with E-state index in [4.69, 9.17) is 28.2 Å². The number of hydrogen-bond acceptors (Lipinski definition) is 3. The molecule has 26 heavy (non-hydrogen) atoms. The summed E-state index contributed by atoms with van der Waals surface area (Å²) in [6.07, 6.45) is 0. The Hall–Kier alpha value is -1.88. The number of likely N-dealkylation sites (N-methyl/N-ethyl adjacent to an activating group) is 1. The molecule has 3 aromatic rings. The molecule has 0 saturated heterocycles. The maximum Gasteiger partial charge on any atom is 0.261 e. The first-order valence-electron chi connectivity index (χ1n) is 8.72. The smallest absolute Gasteiger partial charge is 0.261 e. The Labute approximate surface area is 163 Å². The van der Waals surface area contributed by atoms with Crippen molar-refractivity contribution >= 4 is 34.1 Å². The number of rotatable bonds is 6. The Morgan fingerprint density at radius 1 is 1.08 bits per heavy atom. The lowest BCUT2D eigenvalue weighted by molar-refractivity contribution is 0.289. The molecule has 6 heteroatoms. The highest BCUT2D eigenvalue weighted by Gasteiger charge is 2.16. The fourth-order valence-corrected chi connectivity index (χ4v) is 3.58. The normalized spacial score (nSPS) is 11.4. The molecule has 0 unspecified atom stereocenters. The standard InChI is InChI=1S/C20H21Cl2N3O/c1-3-24(4-2)10-11-25-19(14-8-6-5-7-9-14)23-18-16(20(25)26)12-15(21)13-17(18)22/h5-9,12-13H,3-4,10-11H2,1-2H3. The van der Waals surface area contributed by atoms with Crippen molar-refractivity contribution in [3.05, 3.63) is 62.9 Å². The molecule has 0 amide bonds. The van der Waals surface area contributed by atoms with E-state index in [0.717, 1.165) is 25.2 Å². The quantitative estimate of drug-likeness (QED) is 0.612. The second kappa shape index (κ2) is 8.21. The van der Waals surface area contributed by atoms with Crippen LogP contribution in [0.4, 0.5) is 0 Å². The fraction of sp³-hybridized carbons (Fsp3) is 0.300. The Kier molecular flexibility index (Phi) is 5.97. The van der Waals surface area contributed by atoms with Crippen LogP contribution in [0.25, 0.3) is 22.3 Å². The maximum atomic E-state index is 13.2. The molecule has 0 aliphatic carbocycles. The number of halogens is 2. The van der Waals surface area contributed by atoms with Crippen molar-refractivity contribution in [2.24, 2.45) is 0 Å². The average Bonchev–Trinajstić information content (AvgIpc) is 2.65. The predicted octanol–water partition coefficient (Wildman–Crippen LogP) is 4.71. The van der Waals surface area contributed by atoms with Crippen molar-refractivity contribution in [1.82, 2.24) is 14.5 Å². The minimum atomic E-state index is -0.120. The minimum Gasteiger partial charge on any atom is -0.302 e. The first kappa shape index (κ1) is 18.9. The largest absolute Gasteiger partial charge is 0.302 e. The lowest BCUT2D eigenvalue weighted by Crippen LogP contribution is -2.32. The van der Waals surface area contributed by atoms with Crippen LogP contribution < -0.4 is 5.56 Å². The molecular weight excluding hydrogens is 369 g/mol. The molecule has 0 fully saturated rings. The Morgan fingerprint density at radius 2 is 1.77 bits per heavy atom. The summed E-state index contributed by atoms with van der Waals surface area (Å²) in [5, 5.41) is 1.27. The minimum absolute atomic E-state index is 0.120. The topological polar surface area (TPSA) is 38.1 Å². The summed E-state index contributed by atoms with van der Waals surface area (Å²) in [5.74, 6) is 0.625. The third-order valence-corrected chi connectivity index (χ3v) is 5.05. The molecule has 0 saturated carbocycles. The van der Waals surface area contributed by atoms with Crippen LogP contribution in [0.3, 0.4) is 0 Å². The number of aromatic nitrogens is 2. The van der Waals surface area contributed by atoms with Gasteiger partial charge in [-0.25, -0.2) is 4.98 Å². The monoisotopic (exact) mass is 389 g/mol. The molecule has 136 valence electrons. The molecular formula is C20H21Cl2N3O. The van der Waals surface area contributed by atoms with Gasteiger partial charge in [0.2, 0.25) is 0 Å². The second-order valence-electron chi connectivity index (χ2n) is 6.07. The van der Waals surface area contributed by atoms with Crippen molar-refractivity contribution in [3.63, 3.8) is 0 Å². The van der Waals surface area contributed by atoms with Crippen LogP contribution in [0.1, 0.15) is 13.8 Å². The zero-order valence-electron chi connectivity index (χ0n) is 14.9. The van der Waals surface area contributed by atoms with E-state index in [2.05, 4.69) is 18.7 Å². The van der Waals surface area contributed by atoms with E-state index in [1.54, 1.807) is 16.7 Å². The molecule has 1 heterocycles. The van der Waals surface area contributed by atoms with E-state index < -0.39 is 0 Å². The van der Waals surface area contributed by atoms with Crippen LogP contribution in [0.2, 0.25) is 10.0 Å². The van der Waals surface area contributed by atoms with Gasteiger partial charge in [-0.3, -0.25) is 9.36 Å². The van der Waals surface area contributed by atoms with Crippen molar-refractivity contribution in [1.29, 1.82) is 0 Å². The number of hydrogen-bond donors (Lipinski definition) is 0. The van der Waals surface area contributed by atoms with Crippen LogP contribution in [0, 0.1) is 0 Å². The lowest BCUT2D eigenvalue weighted by Gasteiger charge is -2.20. The highest BCUT2D eigenvalue weighted by molar-refractivity contribution is 6.38. The van der Waals surface area contributed by atoms with Crippen molar-refractivity contribution < 1.29 is 0 Å². The van der Waals surface area contributed by atoms with Gasteiger partial charge in [-0.1, -0.05) is 67.4 Å². The van der Waals surface area contributed by atoms with E-state index in [9.17, 15) is 4.79 Å². The van der Waals surface area contributed by atoms with Gasteiger partial charge in [-0.05, 0) is 25.2 Å². The second-order valence-corrected chi connectivity index (χ2v) is 6.91. The Balaban J connectivity index is 2.22. The van der Waals surface area contributed by atoms with Crippen molar-refractivity contribution in [2.75, 3.05) is 19.6 Å². The molecule has 3 rings (SSSR count). The first-order chi connectivity index (χ1) is 12.5. The van der Waals surface area contributed by atoms with Gasteiger partial charge < -0.3 is 4.90 Å². The zero-order chi connectivity index (χ0) is 18.7. The van der Waals surface area contributed by atoms with Gasteiger partial charge in [0.1, 0.15) is 5.82 Å². The molecule has 0 spiro atoms. The third kappa shape index (κ3) is 3.78. The van der Waals surface area contributed by atoms with Crippen LogP contribution in [0.15, 0.2) is 47.3 Å². The Bertz CT molecular complexity index is 966. The molecule has 4 nitrogen and oxygen atoms in total. The van der Waals surface area contributed by atoms with E-state index >= 15 is 0 Å². The molecule has 0 atom stereocenters. The maximum absolute atomic E-state index is 13.2. The van der Waals surface area contributed by atoms with E-state index in [0.29, 0.717) is 33.3 Å². The summed E-state index contributed by atoms with van der Waals surface area (Å²) in [4.78, 5) is 20.2. The van der Waals surface area contributed by atoms with E-state index in [1.807, 2.05) is 30.3 Å². The van der Waals surface area contributed by atoms with Gasteiger partial charge in [0, 0.05) is 23.7 Å². The fourth-order valence-electron chi connectivity index (χ4n) is 3.05. The average molecular weight is 390 g/mol. The number of benzene rings is 2. The van der Waals surface area contributed by atoms with Gasteiger partial charge in [0.05, 0.1) is 15.9 Å². The Morgan fingerprint density at radius 3 is 2.42 bits per heavy atom. The summed E-state index contributed by atoms with van der Waals surface area (Å²) in [6, 6.07) is 13.0. The number of nitrogens with zero attached hydrogens (tertiary/aromatic N) is 3. The molecule has 0 N–H and O–H groups in total. The number of fused-ring (bicyclic) bond motifs is 1. The summed E-state index contributed by atoms with van der Waals surface area (Å²) in [6.45, 7) is 7.42. The van der Waals surface area contributed by atoms with E-state index in [1.165, 1.54) is 0 Å². The SMILES string of the molecule is CCN(CC)CCn1c(-c2ccccc2)nc2c(Cl)cc(Cl)cc2c1=O. The summed E-state index contributed by atoms with van der Waals surface area (Å²) >= 11 is 12.4. The molecule has 1 aromatic heterocycles. The first-order valence-corrected chi connectivity index (χ1v) is 9.48. The summed E-state index contributed by atoms with van der Waals surface area (Å²) in [5.41, 5.74) is 1.25. The summed E-state index contributed by atoms with van der Waals surface area (Å²) in [7, 11) is 0. The third-order valence-electron chi connectivity index (χ3n) is 4.54. The van der Waals surface area contributed by atoms with Gasteiger partial charge in [0.15, 0.2) is 0 Å². The summed E-state index contributed by atoms with van der Waals surface area (Å²) < 4.78 is 1.72. The molecule has 2 aromatic carbocycles.